The van der Waals surface area contributed by atoms with Gasteiger partial charge in [-0.15, -0.1) is 6.42 Å². The lowest BCUT2D eigenvalue weighted by Gasteiger charge is -2.07. The van der Waals surface area contributed by atoms with Crippen LogP contribution in [0.2, 0.25) is 0 Å². The van der Waals surface area contributed by atoms with Crippen molar-refractivity contribution in [3.63, 3.8) is 0 Å². The Bertz CT molecular complexity index is 792. The first-order chi connectivity index (χ1) is 10.5. The number of anilines is 1. The third-order valence-electron chi connectivity index (χ3n) is 2.82. The summed E-state index contributed by atoms with van der Waals surface area (Å²) in [7, 11) is -3.65. The van der Waals surface area contributed by atoms with Gasteiger partial charge in [-0.3, -0.25) is 4.79 Å². The Morgan fingerprint density at radius 1 is 1.05 bits per heavy atom. The van der Waals surface area contributed by atoms with E-state index in [4.69, 9.17) is 6.42 Å². The van der Waals surface area contributed by atoms with E-state index in [9.17, 15) is 13.2 Å². The summed E-state index contributed by atoms with van der Waals surface area (Å²) in [5.41, 5.74) is 1.03. The lowest BCUT2D eigenvalue weighted by Crippen LogP contribution is -2.24. The zero-order chi connectivity index (χ0) is 16.0. The van der Waals surface area contributed by atoms with Gasteiger partial charge in [0.2, 0.25) is 10.0 Å². The molecule has 0 heterocycles. The fraction of sp³-hybridized carbons (Fsp3) is 0.0625. The highest BCUT2D eigenvalue weighted by Crippen LogP contribution is 2.12. The number of hydrogen-bond donors (Lipinski definition) is 2. The molecule has 0 atom stereocenters. The molecule has 0 unspecified atom stereocenters. The summed E-state index contributed by atoms with van der Waals surface area (Å²) in [4.78, 5) is 12.1. The molecule has 0 saturated carbocycles. The van der Waals surface area contributed by atoms with E-state index in [1.807, 2.05) is 18.2 Å². The van der Waals surface area contributed by atoms with Crippen molar-refractivity contribution in [3.05, 3.63) is 60.2 Å². The van der Waals surface area contributed by atoms with E-state index in [1.165, 1.54) is 24.3 Å². The molecular weight excluding hydrogens is 300 g/mol. The number of carbonyl (C=O) groups excluding carboxylic acids is 1. The van der Waals surface area contributed by atoms with Crippen LogP contribution in [0.1, 0.15) is 10.4 Å². The molecule has 0 spiro atoms. The van der Waals surface area contributed by atoms with Crippen LogP contribution in [0.3, 0.4) is 0 Å². The molecule has 0 aliphatic carbocycles. The van der Waals surface area contributed by atoms with E-state index in [1.54, 1.807) is 12.1 Å². The molecule has 2 aromatic rings. The fourth-order valence-corrected chi connectivity index (χ4v) is 2.66. The summed E-state index contributed by atoms with van der Waals surface area (Å²) in [5.74, 6) is 1.88. The average Bonchev–Trinajstić information content (AvgIpc) is 2.54. The smallest absolute Gasteiger partial charge is 0.255 e. The quantitative estimate of drug-likeness (QED) is 0.827. The lowest BCUT2D eigenvalue weighted by molar-refractivity contribution is 0.102. The van der Waals surface area contributed by atoms with Crippen LogP contribution in [0.5, 0.6) is 0 Å². The van der Waals surface area contributed by atoms with Crippen LogP contribution in [0.4, 0.5) is 5.69 Å². The van der Waals surface area contributed by atoms with Gasteiger partial charge in [0.15, 0.2) is 0 Å². The van der Waals surface area contributed by atoms with Crippen LogP contribution in [0, 0.1) is 12.3 Å². The Morgan fingerprint density at radius 2 is 1.68 bits per heavy atom. The Balaban J connectivity index is 2.12. The molecule has 0 aliphatic rings. The number of hydrogen-bond acceptors (Lipinski definition) is 3. The highest BCUT2D eigenvalue weighted by Gasteiger charge is 2.14. The maximum Gasteiger partial charge on any atom is 0.255 e. The van der Waals surface area contributed by atoms with Gasteiger partial charge in [-0.25, -0.2) is 8.42 Å². The molecule has 6 heteroatoms. The van der Waals surface area contributed by atoms with Crippen molar-refractivity contribution in [3.8, 4) is 12.3 Å². The van der Waals surface area contributed by atoms with Crippen LogP contribution in [0.25, 0.3) is 0 Å². The van der Waals surface area contributed by atoms with Crippen LogP contribution in [0.15, 0.2) is 59.5 Å². The maximum atomic E-state index is 12.0. The van der Waals surface area contributed by atoms with E-state index < -0.39 is 10.0 Å². The van der Waals surface area contributed by atoms with Crippen molar-refractivity contribution < 1.29 is 13.2 Å². The van der Waals surface area contributed by atoms with Gasteiger partial charge in [-0.2, -0.15) is 4.72 Å². The predicted molar refractivity (Wildman–Crippen MR) is 84.9 cm³/mol. The van der Waals surface area contributed by atoms with Gasteiger partial charge in [-0.05, 0) is 36.4 Å². The first kappa shape index (κ1) is 15.8. The third kappa shape index (κ3) is 3.95. The molecule has 2 rings (SSSR count). The average molecular weight is 314 g/mol. The molecule has 1 amide bonds. The summed E-state index contributed by atoms with van der Waals surface area (Å²) >= 11 is 0. The minimum atomic E-state index is -3.65. The number of para-hydroxylation sites is 1. The first-order valence-electron chi connectivity index (χ1n) is 6.42. The van der Waals surface area contributed by atoms with E-state index >= 15 is 0 Å². The molecule has 0 fully saturated rings. The normalized spacial score (nSPS) is 10.7. The van der Waals surface area contributed by atoms with Gasteiger partial charge in [0.1, 0.15) is 0 Å². The van der Waals surface area contributed by atoms with E-state index in [0.717, 1.165) is 0 Å². The molecule has 0 aliphatic heterocycles. The van der Waals surface area contributed by atoms with Crippen molar-refractivity contribution in [2.24, 2.45) is 0 Å². The monoisotopic (exact) mass is 314 g/mol. The molecule has 0 bridgehead atoms. The molecule has 112 valence electrons. The Labute approximate surface area is 129 Å². The van der Waals surface area contributed by atoms with Gasteiger partial charge in [0.25, 0.3) is 5.91 Å². The van der Waals surface area contributed by atoms with Gasteiger partial charge >= 0.3 is 0 Å². The van der Waals surface area contributed by atoms with Crippen molar-refractivity contribution in [2.45, 2.75) is 4.90 Å². The summed E-state index contributed by atoms with van der Waals surface area (Å²) in [5, 5.41) is 2.72. The molecule has 0 aromatic heterocycles. The number of amides is 1. The number of carbonyl (C=O) groups is 1. The molecule has 5 nitrogen and oxygen atoms in total. The van der Waals surface area contributed by atoms with Gasteiger partial charge in [-0.1, -0.05) is 24.1 Å². The lowest BCUT2D eigenvalue weighted by atomic mass is 10.2. The van der Waals surface area contributed by atoms with Crippen molar-refractivity contribution >= 4 is 21.6 Å². The standard InChI is InChI=1S/C16H14N2O3S/c1-2-12-17-22(20,21)15-10-8-13(9-11-15)16(19)18-14-6-4-3-5-7-14/h1,3-11,17H,12H2,(H,18,19). The minimum Gasteiger partial charge on any atom is -0.322 e. The Kier molecular flexibility index (Phi) is 4.94. The second kappa shape index (κ2) is 6.89. The van der Waals surface area contributed by atoms with E-state index in [-0.39, 0.29) is 17.3 Å². The fourth-order valence-electron chi connectivity index (χ4n) is 1.73. The number of nitrogens with one attached hydrogen (secondary N) is 2. The summed E-state index contributed by atoms with van der Waals surface area (Å²) in [6.45, 7) is -0.0847. The zero-order valence-electron chi connectivity index (χ0n) is 11.6. The maximum absolute atomic E-state index is 12.0. The van der Waals surface area contributed by atoms with Crippen molar-refractivity contribution in [2.75, 3.05) is 11.9 Å². The number of terminal acetylenes is 1. The highest BCUT2D eigenvalue weighted by molar-refractivity contribution is 7.89. The molecular formula is C16H14N2O3S. The van der Waals surface area contributed by atoms with Crippen molar-refractivity contribution in [1.29, 1.82) is 0 Å². The first-order valence-corrected chi connectivity index (χ1v) is 7.91. The number of benzene rings is 2. The van der Waals surface area contributed by atoms with Gasteiger partial charge < -0.3 is 5.32 Å². The third-order valence-corrected chi connectivity index (χ3v) is 4.24. The number of rotatable bonds is 5. The molecule has 2 aromatic carbocycles. The van der Waals surface area contributed by atoms with Crippen molar-refractivity contribution in [1.82, 2.24) is 4.72 Å². The minimum absolute atomic E-state index is 0.0546. The van der Waals surface area contributed by atoms with Crippen LogP contribution >= 0.6 is 0 Å². The van der Waals surface area contributed by atoms with Gasteiger partial charge in [0.05, 0.1) is 11.4 Å². The summed E-state index contributed by atoms with van der Waals surface area (Å²) in [6.07, 6.45) is 5.02. The Morgan fingerprint density at radius 3 is 2.27 bits per heavy atom. The Hall–Kier alpha value is -2.62. The topological polar surface area (TPSA) is 75.3 Å². The summed E-state index contributed by atoms with van der Waals surface area (Å²) in [6, 6.07) is 14.6. The SMILES string of the molecule is C#CCNS(=O)(=O)c1ccc(C(=O)Nc2ccccc2)cc1. The molecule has 22 heavy (non-hydrogen) atoms. The largest absolute Gasteiger partial charge is 0.322 e. The van der Waals surface area contributed by atoms with Crippen LogP contribution < -0.4 is 10.0 Å². The molecule has 0 radical (unpaired) electrons. The van der Waals surface area contributed by atoms with E-state index in [2.05, 4.69) is 16.0 Å². The summed E-state index contributed by atoms with van der Waals surface area (Å²) < 4.78 is 26.0. The van der Waals surface area contributed by atoms with E-state index in [0.29, 0.717) is 11.3 Å². The number of sulfonamides is 1. The zero-order valence-corrected chi connectivity index (χ0v) is 12.4. The predicted octanol–water partition coefficient (Wildman–Crippen LogP) is 1.85. The van der Waals surface area contributed by atoms with Crippen LogP contribution in [-0.2, 0) is 10.0 Å². The second-order valence-electron chi connectivity index (χ2n) is 4.37. The molecule has 0 saturated heterocycles. The van der Waals surface area contributed by atoms with Gasteiger partial charge in [0, 0.05) is 11.3 Å². The highest BCUT2D eigenvalue weighted by atomic mass is 32.2. The van der Waals surface area contributed by atoms with Crippen LogP contribution in [-0.4, -0.2) is 20.9 Å². The molecule has 2 N–H and O–H groups in total. The second-order valence-corrected chi connectivity index (χ2v) is 6.14.